The van der Waals surface area contributed by atoms with Gasteiger partial charge in [-0.25, -0.2) is 0 Å². The predicted molar refractivity (Wildman–Crippen MR) is 271 cm³/mol. The van der Waals surface area contributed by atoms with E-state index < -0.39 is 12.1 Å². The van der Waals surface area contributed by atoms with Gasteiger partial charge in [-0.05, 0) is 96.3 Å². The Hall–Kier alpha value is -3.21. The van der Waals surface area contributed by atoms with Crippen LogP contribution in [-0.4, -0.2) is 34.9 Å². The van der Waals surface area contributed by atoms with Gasteiger partial charge in [0.15, 0.2) is 0 Å². The van der Waals surface area contributed by atoms with Gasteiger partial charge in [-0.1, -0.05) is 232 Å². The molecule has 0 aliphatic heterocycles. The lowest BCUT2D eigenvalue weighted by Crippen LogP contribution is -2.45. The molecule has 0 saturated heterocycles. The van der Waals surface area contributed by atoms with Crippen molar-refractivity contribution < 1.29 is 15.0 Å². The van der Waals surface area contributed by atoms with Gasteiger partial charge in [0.25, 0.3) is 0 Å². The molecular formula is C57H95NO3. The van der Waals surface area contributed by atoms with Crippen LogP contribution in [0.25, 0.3) is 0 Å². The third-order valence-electron chi connectivity index (χ3n) is 10.7. The summed E-state index contributed by atoms with van der Waals surface area (Å²) >= 11 is 0. The molecule has 0 aromatic heterocycles. The number of hydrogen-bond donors (Lipinski definition) is 3. The molecular weight excluding hydrogens is 747 g/mol. The van der Waals surface area contributed by atoms with E-state index in [2.05, 4.69) is 129 Å². The SMILES string of the molecule is CC/C=C\C/C=C\C/C=C\C/C=C\C/C=C\C/C=C\C/C=C\C/C=C\CCCCCCCCCCCCCCCCC(=O)NC(CO)C(O)/C=C/CC/C=C/CCCCCC. The van der Waals surface area contributed by atoms with Crippen LogP contribution in [0.2, 0.25) is 0 Å². The second kappa shape index (κ2) is 51.1. The van der Waals surface area contributed by atoms with Crippen LogP contribution < -0.4 is 5.32 Å². The molecule has 3 N–H and O–H groups in total. The molecule has 0 heterocycles. The van der Waals surface area contributed by atoms with Crippen molar-refractivity contribution in [2.24, 2.45) is 0 Å². The number of amides is 1. The molecule has 0 aliphatic rings. The summed E-state index contributed by atoms with van der Waals surface area (Å²) in [6, 6.07) is -0.644. The molecule has 0 aromatic carbocycles. The van der Waals surface area contributed by atoms with Crippen molar-refractivity contribution in [1.29, 1.82) is 0 Å². The van der Waals surface area contributed by atoms with Crippen LogP contribution in [0, 0.1) is 0 Å². The van der Waals surface area contributed by atoms with E-state index in [9.17, 15) is 15.0 Å². The second-order valence-electron chi connectivity index (χ2n) is 16.5. The molecule has 0 saturated carbocycles. The number of hydrogen-bond acceptors (Lipinski definition) is 3. The van der Waals surface area contributed by atoms with Crippen molar-refractivity contribution in [1.82, 2.24) is 5.32 Å². The largest absolute Gasteiger partial charge is 0.394 e. The molecule has 4 nitrogen and oxygen atoms in total. The van der Waals surface area contributed by atoms with E-state index in [0.29, 0.717) is 6.42 Å². The summed E-state index contributed by atoms with van der Waals surface area (Å²) in [5.74, 6) is -0.0818. The van der Waals surface area contributed by atoms with Crippen LogP contribution in [0.3, 0.4) is 0 Å². The van der Waals surface area contributed by atoms with E-state index in [4.69, 9.17) is 0 Å². The van der Waals surface area contributed by atoms with E-state index in [1.165, 1.54) is 109 Å². The number of unbranched alkanes of at least 4 members (excludes halogenated alkanes) is 19. The first-order valence-corrected chi connectivity index (χ1v) is 25.2. The molecule has 2 unspecified atom stereocenters. The summed E-state index contributed by atoms with van der Waals surface area (Å²) in [6.45, 7) is 4.13. The van der Waals surface area contributed by atoms with Crippen LogP contribution in [0.4, 0.5) is 0 Å². The van der Waals surface area contributed by atoms with Gasteiger partial charge in [0.2, 0.25) is 5.91 Å². The molecule has 0 radical (unpaired) electrons. The molecule has 2 atom stereocenters. The van der Waals surface area contributed by atoms with E-state index in [1.807, 2.05) is 6.08 Å². The van der Waals surface area contributed by atoms with Crippen molar-refractivity contribution in [3.05, 3.63) is 122 Å². The predicted octanol–water partition coefficient (Wildman–Crippen LogP) is 16.5. The number of aliphatic hydroxyl groups excluding tert-OH is 2. The van der Waals surface area contributed by atoms with Crippen LogP contribution >= 0.6 is 0 Å². The van der Waals surface area contributed by atoms with Crippen LogP contribution in [0.5, 0.6) is 0 Å². The smallest absolute Gasteiger partial charge is 0.220 e. The zero-order valence-electron chi connectivity index (χ0n) is 39.6. The molecule has 0 aromatic rings. The van der Waals surface area contributed by atoms with Crippen LogP contribution in [0.1, 0.15) is 213 Å². The van der Waals surface area contributed by atoms with Gasteiger partial charge in [0.05, 0.1) is 18.8 Å². The zero-order chi connectivity index (χ0) is 44.2. The van der Waals surface area contributed by atoms with Crippen LogP contribution in [-0.2, 0) is 4.79 Å². The van der Waals surface area contributed by atoms with Crippen molar-refractivity contribution in [2.45, 2.75) is 225 Å². The standard InChI is InChI=1S/C57H95NO3/c1-3-5-7-9-11-13-15-16-17-18-19-20-21-22-23-24-25-26-27-28-29-30-31-32-33-34-35-36-37-38-39-40-41-42-43-45-47-49-51-53-57(61)58-55(54-59)56(60)52-50-48-46-44-14-12-10-8-6-4-2/h5,7,11,13-14,16-17,19-20,22-23,25-26,28-29,31-32,44,50,52,55-56,59-60H,3-4,6,8-10,12,15,18,21,24,27,30,33-43,45-49,51,53-54H2,1-2H3,(H,58,61)/b7-5-,13-11-,17-16-,20-19-,23-22-,26-25-,29-28-,32-31-,44-14+,52-50+. The monoisotopic (exact) mass is 842 g/mol. The lowest BCUT2D eigenvalue weighted by atomic mass is 10.0. The Morgan fingerprint density at radius 3 is 1.15 bits per heavy atom. The molecule has 61 heavy (non-hydrogen) atoms. The molecule has 1 amide bonds. The second-order valence-corrected chi connectivity index (χ2v) is 16.5. The lowest BCUT2D eigenvalue weighted by molar-refractivity contribution is -0.123. The Morgan fingerprint density at radius 2 is 0.738 bits per heavy atom. The molecule has 0 fully saturated rings. The first-order chi connectivity index (χ1) is 30.2. The Labute approximate surface area is 378 Å². The summed E-state index contributed by atoms with van der Waals surface area (Å²) in [7, 11) is 0. The fourth-order valence-corrected chi connectivity index (χ4v) is 6.86. The summed E-state index contributed by atoms with van der Waals surface area (Å²) in [5.41, 5.74) is 0. The number of carbonyl (C=O) groups is 1. The Kier molecular flexibility index (Phi) is 48.5. The molecule has 0 bridgehead atoms. The molecule has 0 rings (SSSR count). The highest BCUT2D eigenvalue weighted by Crippen LogP contribution is 2.14. The van der Waals surface area contributed by atoms with Gasteiger partial charge in [0.1, 0.15) is 0 Å². The van der Waals surface area contributed by atoms with Gasteiger partial charge >= 0.3 is 0 Å². The minimum atomic E-state index is -0.866. The quantitative estimate of drug-likeness (QED) is 0.0423. The molecule has 0 aliphatic carbocycles. The normalized spacial score (nSPS) is 14.0. The highest BCUT2D eigenvalue weighted by Gasteiger charge is 2.17. The fourth-order valence-electron chi connectivity index (χ4n) is 6.86. The summed E-state index contributed by atoms with van der Waals surface area (Å²) in [5, 5.41) is 22.9. The molecule has 0 spiro atoms. The number of allylic oxidation sites excluding steroid dienone is 19. The van der Waals surface area contributed by atoms with E-state index in [0.717, 1.165) is 83.5 Å². The average Bonchev–Trinajstić information content (AvgIpc) is 3.26. The van der Waals surface area contributed by atoms with Crippen molar-refractivity contribution >= 4 is 5.91 Å². The van der Waals surface area contributed by atoms with Gasteiger partial charge in [-0.15, -0.1) is 0 Å². The fraction of sp³-hybridized carbons (Fsp3) is 0.632. The van der Waals surface area contributed by atoms with Gasteiger partial charge in [-0.3, -0.25) is 4.79 Å². The summed E-state index contributed by atoms with van der Waals surface area (Å²) in [6.07, 6.45) is 79.2. The zero-order valence-corrected chi connectivity index (χ0v) is 39.6. The number of aliphatic hydroxyl groups is 2. The van der Waals surface area contributed by atoms with E-state index in [-0.39, 0.29) is 12.5 Å². The van der Waals surface area contributed by atoms with E-state index in [1.54, 1.807) is 6.08 Å². The highest BCUT2D eigenvalue weighted by atomic mass is 16.3. The number of rotatable bonds is 44. The molecule has 4 heteroatoms. The number of nitrogens with one attached hydrogen (secondary N) is 1. The van der Waals surface area contributed by atoms with Gasteiger partial charge < -0.3 is 15.5 Å². The highest BCUT2D eigenvalue weighted by molar-refractivity contribution is 5.76. The van der Waals surface area contributed by atoms with Gasteiger partial charge in [0, 0.05) is 6.42 Å². The first-order valence-electron chi connectivity index (χ1n) is 25.2. The minimum absolute atomic E-state index is 0.0818. The average molecular weight is 842 g/mol. The number of carbonyl (C=O) groups excluding carboxylic acids is 1. The summed E-state index contributed by atoms with van der Waals surface area (Å²) in [4.78, 5) is 12.4. The van der Waals surface area contributed by atoms with Crippen molar-refractivity contribution in [2.75, 3.05) is 6.61 Å². The van der Waals surface area contributed by atoms with Gasteiger partial charge in [-0.2, -0.15) is 0 Å². The molecule has 346 valence electrons. The minimum Gasteiger partial charge on any atom is -0.394 e. The third-order valence-corrected chi connectivity index (χ3v) is 10.7. The first kappa shape index (κ1) is 57.8. The van der Waals surface area contributed by atoms with Crippen LogP contribution in [0.15, 0.2) is 122 Å². The maximum Gasteiger partial charge on any atom is 0.220 e. The Morgan fingerprint density at radius 1 is 0.410 bits per heavy atom. The maximum absolute atomic E-state index is 12.4. The summed E-state index contributed by atoms with van der Waals surface area (Å²) < 4.78 is 0. The topological polar surface area (TPSA) is 69.6 Å². The van der Waals surface area contributed by atoms with Crippen molar-refractivity contribution in [3.63, 3.8) is 0 Å². The third kappa shape index (κ3) is 47.7. The Balaban J connectivity index is 3.55. The lowest BCUT2D eigenvalue weighted by Gasteiger charge is -2.19. The maximum atomic E-state index is 12.4. The van der Waals surface area contributed by atoms with E-state index >= 15 is 0 Å². The van der Waals surface area contributed by atoms with Crippen molar-refractivity contribution in [3.8, 4) is 0 Å². The Bertz CT molecular complexity index is 1230.